The molecule has 1 aliphatic heterocycles. The van der Waals surface area contributed by atoms with Crippen molar-refractivity contribution in [3.63, 3.8) is 0 Å². The average Bonchev–Trinajstić information content (AvgIpc) is 2.69. The molecule has 5 nitrogen and oxygen atoms in total. The lowest BCUT2D eigenvalue weighted by Gasteiger charge is -2.27. The van der Waals surface area contributed by atoms with Crippen LogP contribution in [0.1, 0.15) is 29.8 Å². The van der Waals surface area contributed by atoms with Gasteiger partial charge in [-0.15, -0.1) is 10.2 Å². The summed E-state index contributed by atoms with van der Waals surface area (Å²) >= 11 is 0. The summed E-state index contributed by atoms with van der Waals surface area (Å²) in [6, 6.07) is 17.5. The topological polar surface area (TPSA) is 58.1 Å². The monoisotopic (exact) mass is 332 g/mol. The van der Waals surface area contributed by atoms with E-state index in [-0.39, 0.29) is 5.91 Å². The number of carbonyl (C=O) groups is 1. The summed E-state index contributed by atoms with van der Waals surface area (Å²) in [7, 11) is 0. The minimum absolute atomic E-state index is 0.242. The molecule has 0 bridgehead atoms. The first kappa shape index (κ1) is 15.6. The highest BCUT2D eigenvalue weighted by Gasteiger charge is 2.15. The van der Waals surface area contributed by atoms with Gasteiger partial charge in [0.2, 0.25) is 0 Å². The van der Waals surface area contributed by atoms with E-state index in [4.69, 9.17) is 0 Å². The van der Waals surface area contributed by atoms with Crippen molar-refractivity contribution in [2.24, 2.45) is 0 Å². The number of carbonyl (C=O) groups excluding carboxylic acids is 1. The van der Waals surface area contributed by atoms with Crippen LogP contribution in [0.2, 0.25) is 0 Å². The van der Waals surface area contributed by atoms with Gasteiger partial charge < -0.3 is 10.2 Å². The van der Waals surface area contributed by atoms with Crippen molar-refractivity contribution in [1.29, 1.82) is 0 Å². The SMILES string of the molecule is O=C(Nc1cccc2ccccc12)c1ccc(N2CCCCC2)nn1. The van der Waals surface area contributed by atoms with E-state index in [9.17, 15) is 4.79 Å². The van der Waals surface area contributed by atoms with E-state index in [1.54, 1.807) is 6.07 Å². The molecule has 1 aromatic heterocycles. The summed E-state index contributed by atoms with van der Waals surface area (Å²) in [5.74, 6) is 0.607. The Bertz CT molecular complexity index is 880. The first-order valence-corrected chi connectivity index (χ1v) is 8.69. The molecule has 0 unspecified atom stereocenters. The number of rotatable bonds is 3. The fraction of sp³-hybridized carbons (Fsp3) is 0.250. The summed E-state index contributed by atoms with van der Waals surface area (Å²) in [5.41, 5.74) is 1.11. The highest BCUT2D eigenvalue weighted by molar-refractivity contribution is 6.08. The molecule has 0 aliphatic carbocycles. The molecule has 4 rings (SSSR count). The molecule has 0 radical (unpaired) electrons. The molecule has 2 heterocycles. The molecule has 1 amide bonds. The van der Waals surface area contributed by atoms with Gasteiger partial charge in [0, 0.05) is 24.2 Å². The van der Waals surface area contributed by atoms with Crippen LogP contribution in [0.4, 0.5) is 11.5 Å². The van der Waals surface area contributed by atoms with Crippen LogP contribution in [-0.2, 0) is 0 Å². The number of nitrogens with one attached hydrogen (secondary N) is 1. The molecular formula is C20H20N4O. The van der Waals surface area contributed by atoms with Crippen LogP contribution in [0, 0.1) is 0 Å². The minimum atomic E-state index is -0.242. The molecule has 0 saturated carbocycles. The van der Waals surface area contributed by atoms with Crippen LogP contribution in [0.15, 0.2) is 54.6 Å². The predicted molar refractivity (Wildman–Crippen MR) is 100.0 cm³/mol. The smallest absolute Gasteiger partial charge is 0.276 e. The van der Waals surface area contributed by atoms with Crippen molar-refractivity contribution in [3.8, 4) is 0 Å². The van der Waals surface area contributed by atoms with E-state index < -0.39 is 0 Å². The van der Waals surface area contributed by atoms with E-state index in [2.05, 4.69) is 20.4 Å². The second-order valence-corrected chi connectivity index (χ2v) is 6.31. The fourth-order valence-electron chi connectivity index (χ4n) is 3.26. The van der Waals surface area contributed by atoms with E-state index in [1.165, 1.54) is 19.3 Å². The quantitative estimate of drug-likeness (QED) is 0.791. The zero-order valence-corrected chi connectivity index (χ0v) is 14.0. The van der Waals surface area contributed by atoms with Crippen molar-refractivity contribution in [2.45, 2.75) is 19.3 Å². The summed E-state index contributed by atoms with van der Waals surface area (Å²) < 4.78 is 0. The Labute approximate surface area is 146 Å². The first-order chi connectivity index (χ1) is 12.3. The Hall–Kier alpha value is -2.95. The van der Waals surface area contributed by atoms with Gasteiger partial charge >= 0.3 is 0 Å². The number of piperidine rings is 1. The molecule has 25 heavy (non-hydrogen) atoms. The maximum absolute atomic E-state index is 12.5. The van der Waals surface area contributed by atoms with Crippen molar-refractivity contribution < 1.29 is 4.79 Å². The van der Waals surface area contributed by atoms with Crippen LogP contribution in [0.5, 0.6) is 0 Å². The third-order valence-corrected chi connectivity index (χ3v) is 4.60. The standard InChI is InChI=1S/C20H20N4O/c25-20(21-17-10-6-8-15-7-2-3-9-16(15)17)18-11-12-19(23-22-18)24-13-4-1-5-14-24/h2-3,6-12H,1,4-5,13-14H2,(H,21,25). The molecule has 0 spiro atoms. The van der Waals surface area contributed by atoms with Gasteiger partial charge in [-0.25, -0.2) is 0 Å². The van der Waals surface area contributed by atoms with Gasteiger partial charge in [-0.3, -0.25) is 4.79 Å². The lowest BCUT2D eigenvalue weighted by atomic mass is 10.1. The Morgan fingerprint density at radius 2 is 1.68 bits per heavy atom. The molecule has 1 fully saturated rings. The van der Waals surface area contributed by atoms with Crippen molar-refractivity contribution >= 4 is 28.2 Å². The van der Waals surface area contributed by atoms with Crippen LogP contribution in [0.3, 0.4) is 0 Å². The highest BCUT2D eigenvalue weighted by atomic mass is 16.1. The summed E-state index contributed by atoms with van der Waals surface area (Å²) in [5, 5.41) is 13.4. The van der Waals surface area contributed by atoms with Crippen LogP contribution < -0.4 is 10.2 Å². The van der Waals surface area contributed by atoms with E-state index in [0.29, 0.717) is 5.69 Å². The number of hydrogen-bond donors (Lipinski definition) is 1. The van der Waals surface area contributed by atoms with Crippen LogP contribution in [0.25, 0.3) is 10.8 Å². The Kier molecular flexibility index (Phi) is 4.29. The van der Waals surface area contributed by atoms with Gasteiger partial charge in [-0.2, -0.15) is 0 Å². The maximum atomic E-state index is 12.5. The van der Waals surface area contributed by atoms with Crippen LogP contribution >= 0.6 is 0 Å². The van der Waals surface area contributed by atoms with Gasteiger partial charge in [0.05, 0.1) is 0 Å². The fourth-order valence-corrected chi connectivity index (χ4v) is 3.26. The van der Waals surface area contributed by atoms with Gasteiger partial charge in [0.25, 0.3) is 5.91 Å². The largest absolute Gasteiger partial charge is 0.355 e. The molecule has 1 saturated heterocycles. The lowest BCUT2D eigenvalue weighted by Crippen LogP contribution is -2.30. The number of fused-ring (bicyclic) bond motifs is 1. The number of nitrogens with zero attached hydrogens (tertiary/aromatic N) is 3. The molecule has 126 valence electrons. The summed E-state index contributed by atoms with van der Waals surface area (Å²) in [6.45, 7) is 2.02. The Morgan fingerprint density at radius 1 is 0.880 bits per heavy atom. The minimum Gasteiger partial charge on any atom is -0.355 e. The van der Waals surface area contributed by atoms with Gasteiger partial charge in [-0.05, 0) is 42.8 Å². The molecule has 3 aromatic rings. The molecule has 5 heteroatoms. The molecule has 0 atom stereocenters. The predicted octanol–water partition coefficient (Wildman–Crippen LogP) is 3.87. The Balaban J connectivity index is 1.52. The van der Waals surface area contributed by atoms with E-state index in [0.717, 1.165) is 35.4 Å². The lowest BCUT2D eigenvalue weighted by molar-refractivity contribution is 0.102. The maximum Gasteiger partial charge on any atom is 0.276 e. The zero-order valence-electron chi connectivity index (χ0n) is 14.0. The van der Waals surface area contributed by atoms with Crippen molar-refractivity contribution in [3.05, 3.63) is 60.3 Å². The van der Waals surface area contributed by atoms with E-state index in [1.807, 2.05) is 48.5 Å². The van der Waals surface area contributed by atoms with Crippen LogP contribution in [-0.4, -0.2) is 29.2 Å². The number of amides is 1. The second kappa shape index (κ2) is 6.89. The molecule has 2 aromatic carbocycles. The van der Waals surface area contributed by atoms with E-state index >= 15 is 0 Å². The number of benzene rings is 2. The third kappa shape index (κ3) is 3.31. The number of anilines is 2. The molecule has 1 aliphatic rings. The average molecular weight is 332 g/mol. The van der Waals surface area contributed by atoms with Gasteiger partial charge in [0.15, 0.2) is 11.5 Å². The van der Waals surface area contributed by atoms with Crippen molar-refractivity contribution in [2.75, 3.05) is 23.3 Å². The summed E-state index contributed by atoms with van der Waals surface area (Å²) in [4.78, 5) is 14.7. The Morgan fingerprint density at radius 3 is 2.48 bits per heavy atom. The van der Waals surface area contributed by atoms with Gasteiger partial charge in [0.1, 0.15) is 0 Å². The second-order valence-electron chi connectivity index (χ2n) is 6.31. The van der Waals surface area contributed by atoms with Crippen molar-refractivity contribution in [1.82, 2.24) is 10.2 Å². The third-order valence-electron chi connectivity index (χ3n) is 4.60. The first-order valence-electron chi connectivity index (χ1n) is 8.69. The van der Waals surface area contributed by atoms with Gasteiger partial charge in [-0.1, -0.05) is 36.4 Å². The molecular weight excluding hydrogens is 312 g/mol. The molecule has 1 N–H and O–H groups in total. The summed E-state index contributed by atoms with van der Waals surface area (Å²) in [6.07, 6.45) is 3.64. The normalized spacial score (nSPS) is 14.5. The highest BCUT2D eigenvalue weighted by Crippen LogP contribution is 2.23. The number of aromatic nitrogens is 2. The zero-order chi connectivity index (χ0) is 17.1. The number of hydrogen-bond acceptors (Lipinski definition) is 4.